The normalized spacial score (nSPS) is 20.2. The average molecular weight is 233 g/mol. The quantitative estimate of drug-likeness (QED) is 0.754. The Bertz CT molecular complexity index is 388. The van der Waals surface area contributed by atoms with Gasteiger partial charge in [0.2, 0.25) is 0 Å². The van der Waals surface area contributed by atoms with Crippen LogP contribution in [0.25, 0.3) is 0 Å². The maximum Gasteiger partial charge on any atom is 0.115 e. The fourth-order valence-electron chi connectivity index (χ4n) is 2.57. The summed E-state index contributed by atoms with van der Waals surface area (Å²) >= 11 is 0. The van der Waals surface area contributed by atoms with E-state index in [0.29, 0.717) is 17.2 Å². The zero-order chi connectivity index (χ0) is 12.5. The van der Waals surface area contributed by atoms with Gasteiger partial charge in [0, 0.05) is 11.7 Å². The molecule has 1 aromatic rings. The van der Waals surface area contributed by atoms with Crippen LogP contribution in [0.3, 0.4) is 0 Å². The van der Waals surface area contributed by atoms with E-state index in [-0.39, 0.29) is 0 Å². The number of phenolic OH excluding ortho intramolecular Hbond substituents is 1. The highest BCUT2D eigenvalue weighted by Gasteiger charge is 2.26. The molecule has 1 saturated carbocycles. The Balaban J connectivity index is 1.98. The van der Waals surface area contributed by atoms with Gasteiger partial charge in [0.05, 0.1) is 0 Å². The number of nitrogens with one attached hydrogen (secondary N) is 1. The van der Waals surface area contributed by atoms with Crippen LogP contribution in [0.4, 0.5) is 5.69 Å². The molecule has 1 aliphatic carbocycles. The SMILES string of the molecule is Cc1cc(O)ccc1NC1CCC(C)(C)CC1. The van der Waals surface area contributed by atoms with Crippen molar-refractivity contribution in [3.05, 3.63) is 23.8 Å². The first-order valence-corrected chi connectivity index (χ1v) is 6.52. The van der Waals surface area contributed by atoms with Gasteiger partial charge in [-0.25, -0.2) is 0 Å². The summed E-state index contributed by atoms with van der Waals surface area (Å²) in [6.07, 6.45) is 5.07. The van der Waals surface area contributed by atoms with E-state index >= 15 is 0 Å². The molecular weight excluding hydrogens is 210 g/mol. The lowest BCUT2D eigenvalue weighted by molar-refractivity contribution is 0.232. The van der Waals surface area contributed by atoms with Crippen molar-refractivity contribution in [2.75, 3.05) is 5.32 Å². The van der Waals surface area contributed by atoms with Crippen LogP contribution < -0.4 is 5.32 Å². The van der Waals surface area contributed by atoms with Crippen LogP contribution in [0.15, 0.2) is 18.2 Å². The number of hydrogen-bond donors (Lipinski definition) is 2. The van der Waals surface area contributed by atoms with Crippen LogP contribution in [0, 0.1) is 12.3 Å². The van der Waals surface area contributed by atoms with Crippen molar-refractivity contribution in [1.29, 1.82) is 0 Å². The van der Waals surface area contributed by atoms with Crippen molar-refractivity contribution in [1.82, 2.24) is 0 Å². The molecule has 0 atom stereocenters. The fourth-order valence-corrected chi connectivity index (χ4v) is 2.57. The first-order chi connectivity index (χ1) is 7.96. The van der Waals surface area contributed by atoms with Crippen LogP contribution in [0.1, 0.15) is 45.1 Å². The number of hydrogen-bond acceptors (Lipinski definition) is 2. The van der Waals surface area contributed by atoms with Crippen LogP contribution in [-0.2, 0) is 0 Å². The van der Waals surface area contributed by atoms with Gasteiger partial charge in [-0.3, -0.25) is 0 Å². The predicted molar refractivity (Wildman–Crippen MR) is 72.5 cm³/mol. The Morgan fingerprint density at radius 3 is 2.47 bits per heavy atom. The third kappa shape index (κ3) is 3.15. The van der Waals surface area contributed by atoms with Crippen LogP contribution >= 0.6 is 0 Å². The van der Waals surface area contributed by atoms with Crippen molar-refractivity contribution in [3.63, 3.8) is 0 Å². The molecule has 0 aliphatic heterocycles. The standard InChI is InChI=1S/C15H23NO/c1-11-10-13(17)4-5-14(11)16-12-6-8-15(2,3)9-7-12/h4-5,10,12,16-17H,6-9H2,1-3H3. The van der Waals surface area contributed by atoms with Gasteiger partial charge in [0.1, 0.15) is 5.75 Å². The number of benzene rings is 1. The molecule has 0 aromatic heterocycles. The third-order valence-electron chi connectivity index (χ3n) is 3.91. The molecule has 0 spiro atoms. The Hall–Kier alpha value is -1.18. The second-order valence-electron chi connectivity index (χ2n) is 6.08. The number of aryl methyl sites for hydroxylation is 1. The molecule has 2 N–H and O–H groups in total. The highest BCUT2D eigenvalue weighted by Crippen LogP contribution is 2.36. The van der Waals surface area contributed by atoms with Crippen LogP contribution in [0.2, 0.25) is 0 Å². The number of rotatable bonds is 2. The smallest absolute Gasteiger partial charge is 0.115 e. The van der Waals surface area contributed by atoms with E-state index in [2.05, 4.69) is 19.2 Å². The minimum atomic E-state index is 0.345. The molecule has 0 unspecified atom stereocenters. The Labute approximate surface area is 104 Å². The van der Waals surface area contributed by atoms with Gasteiger partial charge in [-0.2, -0.15) is 0 Å². The van der Waals surface area contributed by atoms with Gasteiger partial charge in [-0.15, -0.1) is 0 Å². The molecule has 1 aromatic carbocycles. The molecule has 0 saturated heterocycles. The van der Waals surface area contributed by atoms with Crippen LogP contribution in [0.5, 0.6) is 5.75 Å². The molecular formula is C15H23NO. The largest absolute Gasteiger partial charge is 0.508 e. The summed E-state index contributed by atoms with van der Waals surface area (Å²) in [6, 6.07) is 6.13. The van der Waals surface area contributed by atoms with Gasteiger partial charge in [0.25, 0.3) is 0 Å². The van der Waals surface area contributed by atoms with Crippen molar-refractivity contribution in [3.8, 4) is 5.75 Å². The highest BCUT2D eigenvalue weighted by atomic mass is 16.3. The number of phenols is 1. The number of aromatic hydroxyl groups is 1. The van der Waals surface area contributed by atoms with Crippen molar-refractivity contribution >= 4 is 5.69 Å². The molecule has 94 valence electrons. The summed E-state index contributed by atoms with van der Waals surface area (Å²) in [7, 11) is 0. The summed E-state index contributed by atoms with van der Waals surface area (Å²) < 4.78 is 0. The van der Waals surface area contributed by atoms with E-state index in [1.54, 1.807) is 6.07 Å². The molecule has 2 heteroatoms. The molecule has 2 nitrogen and oxygen atoms in total. The molecule has 1 fully saturated rings. The first kappa shape index (κ1) is 12.3. The van der Waals surface area contributed by atoms with Crippen molar-refractivity contribution < 1.29 is 5.11 Å². The zero-order valence-corrected chi connectivity index (χ0v) is 11.1. The van der Waals surface area contributed by atoms with E-state index in [1.807, 2.05) is 19.1 Å². The number of anilines is 1. The lowest BCUT2D eigenvalue weighted by atomic mass is 9.75. The highest BCUT2D eigenvalue weighted by molar-refractivity contribution is 5.53. The molecule has 0 bridgehead atoms. The van der Waals surface area contributed by atoms with E-state index in [9.17, 15) is 5.11 Å². The summed E-state index contributed by atoms with van der Waals surface area (Å²) in [5.41, 5.74) is 2.80. The van der Waals surface area contributed by atoms with E-state index in [4.69, 9.17) is 0 Å². The molecule has 0 radical (unpaired) electrons. The van der Waals surface area contributed by atoms with E-state index in [0.717, 1.165) is 11.3 Å². The molecule has 17 heavy (non-hydrogen) atoms. The Morgan fingerprint density at radius 2 is 1.88 bits per heavy atom. The lowest BCUT2D eigenvalue weighted by Crippen LogP contribution is -2.30. The molecule has 1 aliphatic rings. The monoisotopic (exact) mass is 233 g/mol. The summed E-state index contributed by atoms with van der Waals surface area (Å²) in [5.74, 6) is 0.345. The molecule has 0 heterocycles. The summed E-state index contributed by atoms with van der Waals surface area (Å²) in [6.45, 7) is 6.75. The Kier molecular flexibility index (Phi) is 3.32. The zero-order valence-electron chi connectivity index (χ0n) is 11.1. The fraction of sp³-hybridized carbons (Fsp3) is 0.600. The minimum Gasteiger partial charge on any atom is -0.508 e. The van der Waals surface area contributed by atoms with E-state index in [1.165, 1.54) is 25.7 Å². The first-order valence-electron chi connectivity index (χ1n) is 6.52. The maximum absolute atomic E-state index is 9.38. The van der Waals surface area contributed by atoms with Gasteiger partial charge in [0.15, 0.2) is 0 Å². The van der Waals surface area contributed by atoms with Crippen molar-refractivity contribution in [2.45, 2.75) is 52.5 Å². The second kappa shape index (κ2) is 4.59. The van der Waals surface area contributed by atoms with Crippen LogP contribution in [-0.4, -0.2) is 11.1 Å². The van der Waals surface area contributed by atoms with Gasteiger partial charge in [-0.1, -0.05) is 13.8 Å². The van der Waals surface area contributed by atoms with Gasteiger partial charge >= 0.3 is 0 Å². The van der Waals surface area contributed by atoms with Crippen molar-refractivity contribution in [2.24, 2.45) is 5.41 Å². The third-order valence-corrected chi connectivity index (χ3v) is 3.91. The molecule has 2 rings (SSSR count). The molecule has 0 amide bonds. The minimum absolute atomic E-state index is 0.345. The van der Waals surface area contributed by atoms with Gasteiger partial charge < -0.3 is 10.4 Å². The predicted octanol–water partition coefficient (Wildman–Crippen LogP) is 4.08. The average Bonchev–Trinajstić information content (AvgIpc) is 2.25. The van der Waals surface area contributed by atoms with Gasteiger partial charge in [-0.05, 0) is 61.8 Å². The Morgan fingerprint density at radius 1 is 1.24 bits per heavy atom. The summed E-state index contributed by atoms with van der Waals surface area (Å²) in [5, 5.41) is 13.0. The lowest BCUT2D eigenvalue weighted by Gasteiger charge is -2.35. The topological polar surface area (TPSA) is 32.3 Å². The maximum atomic E-state index is 9.38. The summed E-state index contributed by atoms with van der Waals surface area (Å²) in [4.78, 5) is 0. The second-order valence-corrected chi connectivity index (χ2v) is 6.08. The van der Waals surface area contributed by atoms with E-state index < -0.39 is 0 Å².